The number of sulfonamides is 1. The van der Waals surface area contributed by atoms with Crippen LogP contribution in [0.25, 0.3) is 15.6 Å². The number of hydrogen-bond acceptors (Lipinski definition) is 6. The molecule has 2 aromatic carbocycles. The number of aromatic amines is 1. The number of methoxy groups -OCH3 is 1. The van der Waals surface area contributed by atoms with E-state index in [0.29, 0.717) is 22.6 Å². The molecule has 0 bridgehead atoms. The van der Waals surface area contributed by atoms with Crippen molar-refractivity contribution in [2.75, 3.05) is 40.0 Å². The fourth-order valence-electron chi connectivity index (χ4n) is 3.88. The Balaban J connectivity index is 1.60. The summed E-state index contributed by atoms with van der Waals surface area (Å²) < 4.78 is 42.2. The zero-order valence-electron chi connectivity index (χ0n) is 18.2. The summed E-state index contributed by atoms with van der Waals surface area (Å²) >= 11 is 5.39. The van der Waals surface area contributed by atoms with Gasteiger partial charge in [-0.05, 0) is 36.5 Å². The number of nitrogens with one attached hydrogen (secondary N) is 2. The molecule has 2 heterocycles. The lowest BCUT2D eigenvalue weighted by molar-refractivity contribution is -0.908. The fourth-order valence-corrected chi connectivity index (χ4v) is 5.18. The van der Waals surface area contributed by atoms with Gasteiger partial charge in [-0.2, -0.15) is 0 Å². The van der Waals surface area contributed by atoms with Gasteiger partial charge in [0.2, 0.25) is 0 Å². The van der Waals surface area contributed by atoms with E-state index >= 15 is 0 Å². The Morgan fingerprint density at radius 1 is 1.21 bits per heavy atom. The van der Waals surface area contributed by atoms with E-state index in [-0.39, 0.29) is 21.5 Å². The first-order valence-electron chi connectivity index (χ1n) is 10.7. The maximum Gasteiger partial charge on any atom is 0.262 e. The van der Waals surface area contributed by atoms with E-state index in [1.165, 1.54) is 28.7 Å². The van der Waals surface area contributed by atoms with Crippen LogP contribution in [0.5, 0.6) is 5.75 Å². The summed E-state index contributed by atoms with van der Waals surface area (Å²) in [5.74, 6) is 0.343. The van der Waals surface area contributed by atoms with Crippen LogP contribution < -0.4 is 15.2 Å². The van der Waals surface area contributed by atoms with Gasteiger partial charge in [-0.25, -0.2) is 8.42 Å². The number of morpholine rings is 1. The molecule has 4 rings (SSSR count). The minimum atomic E-state index is -4.07. The van der Waals surface area contributed by atoms with Crippen molar-refractivity contribution in [3.8, 4) is 5.75 Å². The molecule has 0 saturated carbocycles. The van der Waals surface area contributed by atoms with E-state index in [1.807, 2.05) is 0 Å². The normalized spacial score (nSPS) is 14.9. The lowest BCUT2D eigenvalue weighted by Crippen LogP contribution is -3.14. The van der Waals surface area contributed by atoms with Crippen molar-refractivity contribution in [3.63, 3.8) is 0 Å². The summed E-state index contributed by atoms with van der Waals surface area (Å²) in [6, 6.07) is 10.9. The number of rotatable bonds is 8. The molecule has 0 atom stereocenters. The smallest absolute Gasteiger partial charge is 0.262 e. The van der Waals surface area contributed by atoms with Crippen LogP contribution >= 0.6 is 12.2 Å². The quantitative estimate of drug-likeness (QED) is 0.466. The second-order valence-corrected chi connectivity index (χ2v) is 9.79. The van der Waals surface area contributed by atoms with Gasteiger partial charge < -0.3 is 24.1 Å². The first kappa shape index (κ1) is 23.4. The number of quaternary nitrogens is 1. The third kappa shape index (κ3) is 5.27. The van der Waals surface area contributed by atoms with Crippen molar-refractivity contribution in [3.05, 3.63) is 62.3 Å². The van der Waals surface area contributed by atoms with E-state index < -0.39 is 10.0 Å². The number of nitrogens with zero attached hydrogens (tertiary/aromatic N) is 2. The van der Waals surface area contributed by atoms with Crippen LogP contribution in [0.4, 0.5) is 5.69 Å². The summed E-state index contributed by atoms with van der Waals surface area (Å²) in [6.45, 7) is 4.78. The third-order valence-corrected chi connectivity index (χ3v) is 7.28. The fraction of sp³-hybridized carbons (Fsp3) is 0.364. The van der Waals surface area contributed by atoms with E-state index in [2.05, 4.69) is 9.71 Å². The van der Waals surface area contributed by atoms with Crippen molar-refractivity contribution in [2.24, 2.45) is 0 Å². The molecule has 0 unspecified atom stereocenters. The highest BCUT2D eigenvalue weighted by Gasteiger charge is 2.15. The van der Waals surface area contributed by atoms with Crippen molar-refractivity contribution in [1.82, 2.24) is 9.55 Å². The first-order valence-corrected chi connectivity index (χ1v) is 12.5. The van der Waals surface area contributed by atoms with E-state index in [4.69, 9.17) is 21.7 Å². The average molecular weight is 491 g/mol. The van der Waals surface area contributed by atoms with Gasteiger partial charge in [0.15, 0.2) is 4.77 Å². The van der Waals surface area contributed by atoms with Gasteiger partial charge in [-0.15, -0.1) is 0 Å². The molecular weight excluding hydrogens is 464 g/mol. The molecule has 1 aliphatic rings. The van der Waals surface area contributed by atoms with Gasteiger partial charge in [0.1, 0.15) is 28.9 Å². The number of para-hydroxylation sites is 1. The van der Waals surface area contributed by atoms with Gasteiger partial charge >= 0.3 is 0 Å². The van der Waals surface area contributed by atoms with Crippen LogP contribution in [-0.4, -0.2) is 57.9 Å². The van der Waals surface area contributed by atoms with Gasteiger partial charge in [0.05, 0.1) is 42.7 Å². The molecule has 176 valence electrons. The Morgan fingerprint density at radius 2 is 1.97 bits per heavy atom. The highest BCUT2D eigenvalue weighted by atomic mass is 32.2. The second-order valence-electron chi connectivity index (χ2n) is 7.80. The van der Waals surface area contributed by atoms with Crippen molar-refractivity contribution < 1.29 is 22.8 Å². The predicted octanol–water partition coefficient (Wildman–Crippen LogP) is 1.77. The van der Waals surface area contributed by atoms with Gasteiger partial charge in [-0.1, -0.05) is 23.9 Å². The minimum absolute atomic E-state index is 0.0761. The lowest BCUT2D eigenvalue weighted by Gasteiger charge is -2.24. The minimum Gasteiger partial charge on any atom is -0.570 e. The molecule has 0 spiro atoms. The second kappa shape index (κ2) is 10.0. The van der Waals surface area contributed by atoms with Crippen LogP contribution in [0, 0.1) is 4.77 Å². The summed E-state index contributed by atoms with van der Waals surface area (Å²) in [5.41, 5.74) is 0.354. The Labute approximate surface area is 197 Å². The highest BCUT2D eigenvalue weighted by molar-refractivity contribution is 7.94. The molecule has 1 fully saturated rings. The van der Waals surface area contributed by atoms with E-state index in [1.54, 1.807) is 30.3 Å². The molecule has 2 N–H and O–H groups in total. The Hall–Kier alpha value is -2.73. The Bertz CT molecular complexity index is 1360. The molecule has 0 radical (unpaired) electrons. The summed E-state index contributed by atoms with van der Waals surface area (Å²) in [4.78, 5) is 17.6. The highest BCUT2D eigenvalue weighted by Crippen LogP contribution is 2.35. The predicted molar refractivity (Wildman–Crippen MR) is 128 cm³/mol. The first-order chi connectivity index (χ1) is 15.9. The lowest BCUT2D eigenvalue weighted by atomic mass is 10.2. The van der Waals surface area contributed by atoms with Crippen molar-refractivity contribution in [2.45, 2.75) is 17.9 Å². The zero-order valence-corrected chi connectivity index (χ0v) is 19.9. The maximum absolute atomic E-state index is 13.2. The summed E-state index contributed by atoms with van der Waals surface area (Å²) in [5, 5.41) is 0.249. The topological polar surface area (TPSA) is 109 Å². The molecule has 1 aromatic heterocycles. The number of hydrogen-bond donors (Lipinski definition) is 2. The maximum atomic E-state index is 13.2. The molecule has 3 aromatic rings. The van der Waals surface area contributed by atoms with E-state index in [9.17, 15) is 13.2 Å². The zero-order chi connectivity index (χ0) is 23.4. The van der Waals surface area contributed by atoms with Crippen LogP contribution in [0.15, 0.2) is 52.2 Å². The van der Waals surface area contributed by atoms with E-state index in [0.717, 1.165) is 39.3 Å². The molecule has 0 amide bonds. The summed E-state index contributed by atoms with van der Waals surface area (Å²) in [7, 11) is -2.62. The van der Waals surface area contributed by atoms with Crippen LogP contribution in [0.3, 0.4) is 0 Å². The molecule has 11 heteroatoms. The molecule has 9 nitrogen and oxygen atoms in total. The summed E-state index contributed by atoms with van der Waals surface area (Å²) in [6.07, 6.45) is 0.777. The van der Waals surface area contributed by atoms with Crippen LogP contribution in [0.1, 0.15) is 6.42 Å². The number of benzene rings is 2. The molecule has 33 heavy (non-hydrogen) atoms. The monoisotopic (exact) mass is 490 g/mol. The van der Waals surface area contributed by atoms with Crippen LogP contribution in [-0.2, 0) is 21.3 Å². The largest absolute Gasteiger partial charge is 0.570 e. The molecule has 0 aliphatic carbocycles. The Morgan fingerprint density at radius 3 is 2.73 bits per heavy atom. The van der Waals surface area contributed by atoms with Gasteiger partial charge in [0, 0.05) is 13.0 Å². The number of aromatic nitrogens is 2. The number of ether oxygens (including phenoxy) is 2. The number of H-pyrrole nitrogens is 1. The third-order valence-electron chi connectivity index (χ3n) is 5.67. The molecule has 1 saturated heterocycles. The number of fused-ring (bicyclic) bond motifs is 1. The van der Waals surface area contributed by atoms with Crippen LogP contribution in [0.2, 0.25) is 0 Å². The Kier molecular flexibility index (Phi) is 7.13. The van der Waals surface area contributed by atoms with Crippen molar-refractivity contribution >= 4 is 38.8 Å². The van der Waals surface area contributed by atoms with Gasteiger partial charge in [-0.3, -0.25) is 9.36 Å². The molecular formula is C22H26N4O5S2. The SMILES string of the molecule is COc1ccccc1[N-]S(=O)(=O)c1ccc2[nH]c(=S)n(CCC[NH+]3CCOCC3)c(=O)c2c1. The van der Waals surface area contributed by atoms with Gasteiger partial charge in [0.25, 0.3) is 5.56 Å². The van der Waals surface area contributed by atoms with Crippen molar-refractivity contribution in [1.29, 1.82) is 0 Å². The average Bonchev–Trinajstić information content (AvgIpc) is 2.81. The molecule has 1 aliphatic heterocycles. The standard InChI is InChI=1S/C22H25N4O5S2/c1-30-20-6-3-2-5-19(20)24-33(28,29)16-7-8-18-17(15-16)21(27)26(22(32)23-18)10-4-9-25-11-13-31-14-12-25/h2-3,5-8,15H,4,9-14H2,1H3,(H,23,27,32)/q-1/p+1.